The van der Waals surface area contributed by atoms with E-state index in [1.807, 2.05) is 50.4 Å². The second-order valence-electron chi connectivity index (χ2n) is 10.1. The molecule has 3 rings (SSSR count). The number of furan rings is 1. The number of nitrogens with zero attached hydrogens (tertiary/aromatic N) is 3. The second kappa shape index (κ2) is 14.9. The third-order valence-electron chi connectivity index (χ3n) is 6.67. The van der Waals surface area contributed by atoms with Crippen molar-refractivity contribution in [2.75, 3.05) is 20.8 Å². The van der Waals surface area contributed by atoms with Crippen LogP contribution < -0.4 is 10.6 Å². The lowest BCUT2D eigenvalue weighted by Gasteiger charge is -2.24. The molecule has 42 heavy (non-hydrogen) atoms. The topological polar surface area (TPSA) is 175 Å². The summed E-state index contributed by atoms with van der Waals surface area (Å²) in [5.74, 6) is -2.66. The number of carbonyl (C=O) groups is 4. The number of urea groups is 1. The van der Waals surface area contributed by atoms with Gasteiger partial charge in [-0.25, -0.2) is 14.4 Å². The van der Waals surface area contributed by atoms with Crippen molar-refractivity contribution in [1.82, 2.24) is 25.6 Å². The van der Waals surface area contributed by atoms with E-state index >= 15 is 0 Å². The molecule has 13 heteroatoms. The molecule has 226 valence electrons. The average Bonchev–Trinajstić information content (AvgIpc) is 3.58. The number of Topliss-reactive ketones (excluding diaryl/α,β-unsaturated/α-hetero) is 1. The minimum Gasteiger partial charge on any atom is -0.465 e. The normalized spacial score (nSPS) is 12.5. The molecule has 0 unspecified atom stereocenters. The Morgan fingerprint density at radius 2 is 1.69 bits per heavy atom. The van der Waals surface area contributed by atoms with E-state index in [4.69, 9.17) is 13.9 Å². The van der Waals surface area contributed by atoms with Crippen molar-refractivity contribution >= 4 is 23.8 Å². The van der Waals surface area contributed by atoms with E-state index in [1.54, 1.807) is 4.68 Å². The van der Waals surface area contributed by atoms with Gasteiger partial charge >= 0.3 is 18.0 Å². The number of ketones is 1. The van der Waals surface area contributed by atoms with Gasteiger partial charge in [0, 0.05) is 26.0 Å². The van der Waals surface area contributed by atoms with E-state index in [-0.39, 0.29) is 47.4 Å². The lowest BCUT2D eigenvalue weighted by atomic mass is 10.0. The van der Waals surface area contributed by atoms with Crippen molar-refractivity contribution in [2.24, 2.45) is 5.92 Å². The van der Waals surface area contributed by atoms with Gasteiger partial charge in [-0.15, -0.1) is 5.10 Å². The van der Waals surface area contributed by atoms with Crippen LogP contribution in [0.4, 0.5) is 4.79 Å². The molecule has 0 aliphatic heterocycles. The molecule has 0 aliphatic carbocycles. The highest BCUT2D eigenvalue weighted by Crippen LogP contribution is 2.27. The molecule has 0 saturated carbocycles. The van der Waals surface area contributed by atoms with Gasteiger partial charge in [0.1, 0.15) is 16.9 Å². The first-order valence-corrected chi connectivity index (χ1v) is 13.5. The monoisotopic (exact) mass is 583 g/mol. The van der Waals surface area contributed by atoms with Crippen LogP contribution in [-0.4, -0.2) is 76.8 Å². The van der Waals surface area contributed by atoms with Gasteiger partial charge in [-0.2, -0.15) is 0 Å². The van der Waals surface area contributed by atoms with Crippen molar-refractivity contribution < 1.29 is 38.2 Å². The maximum absolute atomic E-state index is 12.9. The van der Waals surface area contributed by atoms with Crippen LogP contribution in [0, 0.1) is 5.92 Å². The van der Waals surface area contributed by atoms with Crippen LogP contribution in [0.5, 0.6) is 0 Å². The number of benzene rings is 1. The molecule has 0 bridgehead atoms. The summed E-state index contributed by atoms with van der Waals surface area (Å²) >= 11 is 0. The minimum absolute atomic E-state index is 0.00394. The molecule has 13 nitrogen and oxygen atoms in total. The Balaban J connectivity index is 1.65. The van der Waals surface area contributed by atoms with Crippen LogP contribution in [0.25, 0.3) is 0 Å². The van der Waals surface area contributed by atoms with Gasteiger partial charge in [-0.1, -0.05) is 49.4 Å². The van der Waals surface area contributed by atoms with E-state index < -0.39 is 36.4 Å². The lowest BCUT2D eigenvalue weighted by Crippen LogP contribution is -2.50. The highest BCUT2D eigenvalue weighted by molar-refractivity contribution is 6.11. The Bertz CT molecular complexity index is 1380. The first-order chi connectivity index (χ1) is 20.1. The van der Waals surface area contributed by atoms with Crippen molar-refractivity contribution in [3.63, 3.8) is 0 Å². The van der Waals surface area contributed by atoms with Gasteiger partial charge in [0.05, 0.1) is 45.1 Å². The molecule has 0 spiro atoms. The van der Waals surface area contributed by atoms with E-state index in [1.165, 1.54) is 6.92 Å². The standard InChI is InChI=1S/C29H37N5O8/c1-17(2)22(15-34-14-21(32-33-34)13-19-9-7-6-8-10-19)31-29(39)30-20(16-35)11-12-23-24(27(37)40-4)25(28(38)41-5)26(42-23)18(3)36/h6-10,14,17,20,22,35H,11-13,15-16H2,1-5H3,(H2,30,31,39)/t20-,22+/m0/s1. The number of aliphatic hydroxyl groups is 1. The Morgan fingerprint density at radius 3 is 2.29 bits per heavy atom. The zero-order valence-corrected chi connectivity index (χ0v) is 24.4. The maximum atomic E-state index is 12.9. The fourth-order valence-corrected chi connectivity index (χ4v) is 4.37. The summed E-state index contributed by atoms with van der Waals surface area (Å²) in [6.07, 6.45) is 2.61. The number of nitrogens with one attached hydrogen (secondary N) is 2. The van der Waals surface area contributed by atoms with Gasteiger partial charge < -0.3 is 29.6 Å². The molecule has 2 atom stereocenters. The summed E-state index contributed by atoms with van der Waals surface area (Å²) in [6, 6.07) is 8.37. The molecule has 0 radical (unpaired) electrons. The fourth-order valence-electron chi connectivity index (χ4n) is 4.37. The fraction of sp³-hybridized carbons (Fsp3) is 0.448. The SMILES string of the molecule is COC(=O)c1c(CC[C@@H](CO)NC(=O)N[C@H](Cn2cc(Cc3ccccc3)nn2)C(C)C)oc(C(C)=O)c1C(=O)OC. The first-order valence-electron chi connectivity index (χ1n) is 13.5. The predicted octanol–water partition coefficient (Wildman–Crippen LogP) is 2.56. The zero-order valence-electron chi connectivity index (χ0n) is 24.4. The lowest BCUT2D eigenvalue weighted by molar-refractivity contribution is 0.0554. The molecule has 0 aliphatic rings. The first kappa shape index (κ1) is 32.0. The van der Waals surface area contributed by atoms with Crippen LogP contribution in [0.1, 0.15) is 75.5 Å². The van der Waals surface area contributed by atoms with Crippen LogP contribution in [-0.2, 0) is 28.9 Å². The number of ether oxygens (including phenoxy) is 2. The van der Waals surface area contributed by atoms with Gasteiger partial charge in [-0.05, 0) is 17.9 Å². The number of carbonyl (C=O) groups excluding carboxylic acids is 4. The van der Waals surface area contributed by atoms with E-state index in [0.29, 0.717) is 13.0 Å². The predicted molar refractivity (Wildman–Crippen MR) is 150 cm³/mol. The zero-order chi connectivity index (χ0) is 30.8. The number of aromatic nitrogens is 3. The molecule has 2 heterocycles. The van der Waals surface area contributed by atoms with Crippen molar-refractivity contribution in [1.29, 1.82) is 0 Å². The summed E-state index contributed by atoms with van der Waals surface area (Å²) in [6.45, 7) is 5.09. The molecule has 2 aromatic heterocycles. The number of rotatable bonds is 14. The molecular weight excluding hydrogens is 546 g/mol. The van der Waals surface area contributed by atoms with E-state index in [9.17, 15) is 24.3 Å². The quantitative estimate of drug-likeness (QED) is 0.189. The average molecular weight is 584 g/mol. The third kappa shape index (κ3) is 8.26. The summed E-state index contributed by atoms with van der Waals surface area (Å²) in [4.78, 5) is 49.8. The Labute approximate surface area is 243 Å². The van der Waals surface area contributed by atoms with Crippen LogP contribution in [0.2, 0.25) is 0 Å². The third-order valence-corrected chi connectivity index (χ3v) is 6.67. The highest BCUT2D eigenvalue weighted by atomic mass is 16.5. The molecular formula is C29H37N5O8. The number of aryl methyl sites for hydroxylation is 1. The van der Waals surface area contributed by atoms with Crippen LogP contribution in [0.15, 0.2) is 40.9 Å². The Kier molecular flexibility index (Phi) is 11.4. The summed E-state index contributed by atoms with van der Waals surface area (Å²) in [5.41, 5.74) is 1.37. The van der Waals surface area contributed by atoms with Crippen LogP contribution in [0.3, 0.4) is 0 Å². The van der Waals surface area contributed by atoms with Gasteiger partial charge in [0.2, 0.25) is 0 Å². The van der Waals surface area contributed by atoms with Gasteiger partial charge in [-0.3, -0.25) is 9.48 Å². The smallest absolute Gasteiger partial charge is 0.342 e. The van der Waals surface area contributed by atoms with Gasteiger partial charge in [0.25, 0.3) is 0 Å². The minimum atomic E-state index is -0.925. The van der Waals surface area contributed by atoms with Gasteiger partial charge in [0.15, 0.2) is 11.5 Å². The second-order valence-corrected chi connectivity index (χ2v) is 10.1. The Hall–Kier alpha value is -4.52. The largest absolute Gasteiger partial charge is 0.465 e. The number of esters is 2. The molecule has 3 N–H and O–H groups in total. The Morgan fingerprint density at radius 1 is 1.02 bits per heavy atom. The molecule has 2 amide bonds. The number of hydrogen-bond acceptors (Lipinski definition) is 10. The molecule has 0 fully saturated rings. The number of hydrogen-bond donors (Lipinski definition) is 3. The van der Waals surface area contributed by atoms with Crippen LogP contribution >= 0.6 is 0 Å². The summed E-state index contributed by atoms with van der Waals surface area (Å²) in [5, 5.41) is 24.0. The van der Waals surface area contributed by atoms with E-state index in [2.05, 4.69) is 20.9 Å². The summed E-state index contributed by atoms with van der Waals surface area (Å²) in [7, 11) is 2.24. The van der Waals surface area contributed by atoms with Crippen molar-refractivity contribution in [3.05, 3.63) is 70.4 Å². The number of methoxy groups -OCH3 is 2. The maximum Gasteiger partial charge on any atom is 0.342 e. The highest BCUT2D eigenvalue weighted by Gasteiger charge is 2.33. The molecule has 1 aromatic carbocycles. The summed E-state index contributed by atoms with van der Waals surface area (Å²) < 4.78 is 16.8. The number of amides is 2. The van der Waals surface area contributed by atoms with E-state index in [0.717, 1.165) is 25.5 Å². The van der Waals surface area contributed by atoms with Crippen molar-refractivity contribution in [2.45, 2.75) is 58.7 Å². The molecule has 0 saturated heterocycles. The van der Waals surface area contributed by atoms with Crippen molar-refractivity contribution in [3.8, 4) is 0 Å². The molecule has 3 aromatic rings. The number of aliphatic hydroxyl groups excluding tert-OH is 1.